The van der Waals surface area contributed by atoms with Crippen molar-refractivity contribution in [1.82, 2.24) is 0 Å². The van der Waals surface area contributed by atoms with Crippen LogP contribution in [-0.2, 0) is 5.92 Å². The minimum atomic E-state index is -5.47. The molecule has 0 saturated carbocycles. The van der Waals surface area contributed by atoms with Crippen LogP contribution in [0.5, 0.6) is 11.5 Å². The van der Waals surface area contributed by atoms with E-state index in [0.717, 1.165) is 12.1 Å². The molecule has 0 fully saturated rings. The van der Waals surface area contributed by atoms with Crippen LogP contribution in [0.3, 0.4) is 0 Å². The van der Waals surface area contributed by atoms with Gasteiger partial charge in [0.15, 0.2) is 0 Å². The minimum absolute atomic E-state index is 0.0443. The topological polar surface area (TPSA) is 35.2 Å². The second-order valence-electron chi connectivity index (χ2n) is 4.66. The van der Waals surface area contributed by atoms with Crippen LogP contribution in [0.15, 0.2) is 48.5 Å². The molecule has 124 valence electrons. The standard InChI is InChI=1S/C15H11F6NO/c16-13(17)15(20,21)14(18,19)9-5-7-10(8-6-9)23-12-4-2-1-3-11(12)22/h1-8,13H,22H2. The largest absolute Gasteiger partial charge is 0.455 e. The molecule has 2 aromatic carbocycles. The summed E-state index contributed by atoms with van der Waals surface area (Å²) in [6.07, 6.45) is -4.49. The summed E-state index contributed by atoms with van der Waals surface area (Å²) in [4.78, 5) is 0. The van der Waals surface area contributed by atoms with Crippen molar-refractivity contribution in [1.29, 1.82) is 0 Å². The van der Waals surface area contributed by atoms with Crippen molar-refractivity contribution in [3.8, 4) is 11.5 Å². The highest BCUT2D eigenvalue weighted by atomic mass is 19.3. The molecule has 0 amide bonds. The Morgan fingerprint density at radius 3 is 1.96 bits per heavy atom. The monoisotopic (exact) mass is 335 g/mol. The molecular weight excluding hydrogens is 324 g/mol. The number of rotatable bonds is 5. The molecular formula is C15H11F6NO. The van der Waals surface area contributed by atoms with Gasteiger partial charge in [0, 0.05) is 5.56 Å². The molecule has 0 heterocycles. The predicted molar refractivity (Wildman–Crippen MR) is 72.2 cm³/mol. The first kappa shape index (κ1) is 17.0. The maximum Gasteiger partial charge on any atom is 0.373 e. The van der Waals surface area contributed by atoms with Gasteiger partial charge in [0.1, 0.15) is 11.5 Å². The summed E-state index contributed by atoms with van der Waals surface area (Å²) in [6.45, 7) is 0. The smallest absolute Gasteiger partial charge is 0.373 e. The van der Waals surface area contributed by atoms with Crippen molar-refractivity contribution in [2.75, 3.05) is 5.73 Å². The van der Waals surface area contributed by atoms with Crippen LogP contribution in [-0.4, -0.2) is 12.3 Å². The van der Waals surface area contributed by atoms with Gasteiger partial charge >= 0.3 is 18.3 Å². The van der Waals surface area contributed by atoms with Crippen LogP contribution >= 0.6 is 0 Å². The Kier molecular flexibility index (Phi) is 4.44. The molecule has 0 bridgehead atoms. The molecule has 2 aromatic rings. The van der Waals surface area contributed by atoms with Crippen molar-refractivity contribution in [3.63, 3.8) is 0 Å². The van der Waals surface area contributed by atoms with Gasteiger partial charge in [0.2, 0.25) is 0 Å². The first-order chi connectivity index (χ1) is 10.7. The molecule has 0 aliphatic heterocycles. The van der Waals surface area contributed by atoms with E-state index in [-0.39, 0.29) is 17.2 Å². The summed E-state index contributed by atoms with van der Waals surface area (Å²) in [5.41, 5.74) is 4.67. The highest BCUT2D eigenvalue weighted by Gasteiger charge is 2.63. The van der Waals surface area contributed by atoms with Crippen LogP contribution in [0.1, 0.15) is 5.56 Å². The number of benzene rings is 2. The number of nitrogens with two attached hydrogens (primary N) is 1. The lowest BCUT2D eigenvalue weighted by molar-refractivity contribution is -0.270. The summed E-state index contributed by atoms with van der Waals surface area (Å²) in [5, 5.41) is 0. The zero-order valence-electron chi connectivity index (χ0n) is 11.4. The molecule has 0 aliphatic carbocycles. The van der Waals surface area contributed by atoms with E-state index in [2.05, 4.69) is 0 Å². The Labute approximate surface area is 127 Å². The molecule has 2 nitrogen and oxygen atoms in total. The molecule has 0 spiro atoms. The van der Waals surface area contributed by atoms with Gasteiger partial charge in [-0.3, -0.25) is 0 Å². The fourth-order valence-corrected chi connectivity index (χ4v) is 1.76. The van der Waals surface area contributed by atoms with Gasteiger partial charge in [0.25, 0.3) is 0 Å². The first-order valence-electron chi connectivity index (χ1n) is 6.33. The number of hydrogen-bond donors (Lipinski definition) is 1. The lowest BCUT2D eigenvalue weighted by Crippen LogP contribution is -2.44. The van der Waals surface area contributed by atoms with E-state index in [4.69, 9.17) is 10.5 Å². The number of halogens is 6. The summed E-state index contributed by atoms with van der Waals surface area (Å²) in [6, 6.07) is 9.48. The van der Waals surface area contributed by atoms with E-state index >= 15 is 0 Å². The Morgan fingerprint density at radius 2 is 1.43 bits per heavy atom. The van der Waals surface area contributed by atoms with E-state index in [9.17, 15) is 26.3 Å². The second-order valence-corrected chi connectivity index (χ2v) is 4.66. The van der Waals surface area contributed by atoms with Gasteiger partial charge in [-0.25, -0.2) is 8.78 Å². The number of para-hydroxylation sites is 2. The summed E-state index contributed by atoms with van der Waals surface area (Å²) in [7, 11) is 0. The average molecular weight is 335 g/mol. The van der Waals surface area contributed by atoms with Crippen molar-refractivity contribution >= 4 is 5.69 Å². The van der Waals surface area contributed by atoms with E-state index in [0.29, 0.717) is 12.1 Å². The molecule has 0 unspecified atom stereocenters. The highest BCUT2D eigenvalue weighted by Crippen LogP contribution is 2.46. The van der Waals surface area contributed by atoms with Gasteiger partial charge in [-0.05, 0) is 36.4 Å². The van der Waals surface area contributed by atoms with Crippen LogP contribution in [0.2, 0.25) is 0 Å². The van der Waals surface area contributed by atoms with E-state index in [1.807, 2.05) is 0 Å². The molecule has 0 aliphatic rings. The molecule has 0 aromatic heterocycles. The van der Waals surface area contributed by atoms with Gasteiger partial charge < -0.3 is 10.5 Å². The van der Waals surface area contributed by atoms with Crippen molar-refractivity contribution in [2.24, 2.45) is 0 Å². The van der Waals surface area contributed by atoms with Crippen LogP contribution < -0.4 is 10.5 Å². The van der Waals surface area contributed by atoms with E-state index in [1.165, 1.54) is 6.07 Å². The lowest BCUT2D eigenvalue weighted by atomic mass is 10.0. The fraction of sp³-hybridized carbons (Fsp3) is 0.200. The number of anilines is 1. The number of ether oxygens (including phenoxy) is 1. The number of alkyl halides is 6. The van der Waals surface area contributed by atoms with Crippen LogP contribution in [0, 0.1) is 0 Å². The zero-order valence-corrected chi connectivity index (χ0v) is 11.4. The Bertz CT molecular complexity index is 672. The van der Waals surface area contributed by atoms with Gasteiger partial charge in [-0.2, -0.15) is 17.6 Å². The second kappa shape index (κ2) is 6.02. The van der Waals surface area contributed by atoms with Crippen molar-refractivity contribution < 1.29 is 31.1 Å². The summed E-state index contributed by atoms with van der Waals surface area (Å²) < 4.78 is 82.5. The van der Waals surface area contributed by atoms with E-state index < -0.39 is 23.8 Å². The summed E-state index contributed by atoms with van der Waals surface area (Å²) in [5.74, 6) is -10.2. The fourth-order valence-electron chi connectivity index (χ4n) is 1.76. The minimum Gasteiger partial charge on any atom is -0.455 e. The predicted octanol–water partition coefficient (Wildman–Crippen LogP) is 5.05. The molecule has 0 atom stereocenters. The lowest BCUT2D eigenvalue weighted by Gasteiger charge is -2.26. The number of nitrogen functional groups attached to an aromatic ring is 1. The van der Waals surface area contributed by atoms with Gasteiger partial charge in [0.05, 0.1) is 5.69 Å². The third-order valence-corrected chi connectivity index (χ3v) is 3.06. The molecule has 0 radical (unpaired) electrons. The van der Waals surface area contributed by atoms with Crippen molar-refractivity contribution in [3.05, 3.63) is 54.1 Å². The first-order valence-corrected chi connectivity index (χ1v) is 6.33. The van der Waals surface area contributed by atoms with Crippen LogP contribution in [0.4, 0.5) is 32.0 Å². The highest BCUT2D eigenvalue weighted by molar-refractivity contribution is 5.53. The summed E-state index contributed by atoms with van der Waals surface area (Å²) >= 11 is 0. The van der Waals surface area contributed by atoms with Crippen molar-refractivity contribution in [2.45, 2.75) is 18.3 Å². The average Bonchev–Trinajstić information content (AvgIpc) is 2.50. The Hall–Kier alpha value is -2.38. The normalized spacial score (nSPS) is 12.5. The Balaban J connectivity index is 2.24. The molecule has 2 N–H and O–H groups in total. The number of hydrogen-bond acceptors (Lipinski definition) is 2. The van der Waals surface area contributed by atoms with Gasteiger partial charge in [-0.15, -0.1) is 0 Å². The molecule has 8 heteroatoms. The van der Waals surface area contributed by atoms with E-state index in [1.54, 1.807) is 18.2 Å². The van der Waals surface area contributed by atoms with Crippen LogP contribution in [0.25, 0.3) is 0 Å². The third-order valence-electron chi connectivity index (χ3n) is 3.06. The molecule has 0 saturated heterocycles. The molecule has 2 rings (SSSR count). The maximum atomic E-state index is 13.5. The maximum absolute atomic E-state index is 13.5. The SMILES string of the molecule is Nc1ccccc1Oc1ccc(C(F)(F)C(F)(F)C(F)F)cc1. The Morgan fingerprint density at radius 1 is 0.870 bits per heavy atom. The zero-order chi connectivity index (χ0) is 17.3. The van der Waals surface area contributed by atoms with Gasteiger partial charge in [-0.1, -0.05) is 12.1 Å². The molecule has 23 heavy (non-hydrogen) atoms. The third kappa shape index (κ3) is 3.20. The quantitative estimate of drug-likeness (QED) is 0.613.